The second kappa shape index (κ2) is 69.5. The molecule has 1 N–H and O–H groups in total. The van der Waals surface area contributed by atoms with E-state index in [-0.39, 0.29) is 38.6 Å². The molecule has 0 aromatic heterocycles. The van der Waals surface area contributed by atoms with Crippen LogP contribution in [0.2, 0.25) is 0 Å². The van der Waals surface area contributed by atoms with Crippen molar-refractivity contribution in [1.82, 2.24) is 0 Å². The number of hydrogen-bond donors (Lipinski definition) is 1. The molecule has 2 atom stereocenters. The van der Waals surface area contributed by atoms with Crippen molar-refractivity contribution >= 4 is 17.9 Å². The first-order valence-corrected chi connectivity index (χ1v) is 34.9. The van der Waals surface area contributed by atoms with Crippen molar-refractivity contribution in [3.63, 3.8) is 0 Å². The summed E-state index contributed by atoms with van der Waals surface area (Å²) in [5, 5.41) is 9.75. The Bertz CT molecular complexity index is 2300. The summed E-state index contributed by atoms with van der Waals surface area (Å²) in [7, 11) is 5.94. The number of esters is 2. The molecule has 0 bridgehead atoms. The number of aliphatic carboxylic acids is 1. The lowest BCUT2D eigenvalue weighted by Crippen LogP contribution is -2.40. The lowest BCUT2D eigenvalue weighted by molar-refractivity contribution is -0.870. The number of allylic oxidation sites excluding steroid dienone is 36. The molecule has 0 aliphatic rings. The highest BCUT2D eigenvalue weighted by atomic mass is 16.7. The van der Waals surface area contributed by atoms with Gasteiger partial charge in [-0.3, -0.25) is 9.59 Å². The fourth-order valence-electron chi connectivity index (χ4n) is 8.47. The van der Waals surface area contributed by atoms with E-state index >= 15 is 0 Å². The van der Waals surface area contributed by atoms with Crippen molar-refractivity contribution in [2.75, 3.05) is 47.5 Å². The van der Waals surface area contributed by atoms with Crippen molar-refractivity contribution in [1.29, 1.82) is 0 Å². The van der Waals surface area contributed by atoms with Crippen LogP contribution in [0.1, 0.15) is 219 Å². The zero-order valence-electron chi connectivity index (χ0n) is 57.6. The molecule has 0 aliphatic heterocycles. The number of nitrogens with zero attached hydrogens (tertiary/aromatic N) is 1. The maximum atomic E-state index is 12.9. The van der Waals surface area contributed by atoms with E-state index in [1.165, 1.54) is 19.3 Å². The predicted molar refractivity (Wildman–Crippen MR) is 391 cm³/mol. The molecule has 9 heteroatoms. The first kappa shape index (κ1) is 84.6. The fraction of sp³-hybridized carbons (Fsp3) is 0.524. The van der Waals surface area contributed by atoms with Gasteiger partial charge in [-0.15, -0.1) is 0 Å². The Morgan fingerprint density at radius 2 is 0.593 bits per heavy atom. The monoisotopic (exact) mass is 1250 g/mol. The predicted octanol–water partition coefficient (Wildman–Crippen LogP) is 22.1. The van der Waals surface area contributed by atoms with Crippen LogP contribution >= 0.6 is 0 Å². The number of likely N-dealkylation sites (N-methyl/N-ethyl adjacent to an activating group) is 1. The molecule has 0 radical (unpaired) electrons. The molecule has 506 valence electrons. The summed E-state index contributed by atoms with van der Waals surface area (Å²) in [6, 6.07) is 0. The summed E-state index contributed by atoms with van der Waals surface area (Å²) in [5.41, 5.74) is 0. The highest BCUT2D eigenvalue weighted by molar-refractivity contribution is 5.71. The summed E-state index contributed by atoms with van der Waals surface area (Å²) >= 11 is 0. The maximum absolute atomic E-state index is 12.9. The Morgan fingerprint density at radius 1 is 0.330 bits per heavy atom. The first-order valence-electron chi connectivity index (χ1n) is 34.9. The molecule has 0 amide bonds. The minimum absolute atomic E-state index is 0.166. The number of carbonyl (C=O) groups excluding carboxylic acids is 2. The molecule has 0 spiro atoms. The van der Waals surface area contributed by atoms with Crippen molar-refractivity contribution in [3.8, 4) is 0 Å². The third-order valence-corrected chi connectivity index (χ3v) is 13.7. The van der Waals surface area contributed by atoms with Crippen LogP contribution in [0.15, 0.2) is 219 Å². The van der Waals surface area contributed by atoms with Gasteiger partial charge in [0.2, 0.25) is 0 Å². The van der Waals surface area contributed by atoms with Gasteiger partial charge < -0.3 is 28.5 Å². The van der Waals surface area contributed by atoms with Crippen LogP contribution in [0.3, 0.4) is 0 Å². The SMILES string of the molecule is CC/C=C\C/C=C\C/C=C\C/C=C\C/C=C\C/C=C\C/C=C\C/C=C\C/C=C\C/C=C\C/C=C\CCCCCC(=O)OC(COC(=O)CCCCCCCCC/C=C\C/C=C\C/C=C\C/C=C\C/C=C\C/C=C\C/C=C\CC)COC(OCC[N+](C)(C)C)C(=O)O. The molecule has 9 nitrogen and oxygen atoms in total. The van der Waals surface area contributed by atoms with Gasteiger partial charge in [-0.25, -0.2) is 4.79 Å². The van der Waals surface area contributed by atoms with Crippen molar-refractivity contribution < 1.29 is 42.9 Å². The van der Waals surface area contributed by atoms with Gasteiger partial charge in [-0.05, 0) is 154 Å². The second-order valence-corrected chi connectivity index (χ2v) is 23.4. The Morgan fingerprint density at radius 3 is 0.890 bits per heavy atom. The van der Waals surface area contributed by atoms with E-state index in [1.807, 2.05) is 21.1 Å². The van der Waals surface area contributed by atoms with Crippen LogP contribution in [0, 0.1) is 0 Å². The van der Waals surface area contributed by atoms with E-state index in [2.05, 4.69) is 233 Å². The van der Waals surface area contributed by atoms with E-state index in [4.69, 9.17) is 18.9 Å². The van der Waals surface area contributed by atoms with E-state index < -0.39 is 24.3 Å². The summed E-state index contributed by atoms with van der Waals surface area (Å²) in [4.78, 5) is 37.6. The van der Waals surface area contributed by atoms with Gasteiger partial charge in [0, 0.05) is 12.8 Å². The topological polar surface area (TPSA) is 108 Å². The molecule has 0 saturated heterocycles. The molecule has 0 heterocycles. The molecule has 0 aliphatic carbocycles. The third kappa shape index (κ3) is 70.9. The molecule has 91 heavy (non-hydrogen) atoms. The van der Waals surface area contributed by atoms with Crippen molar-refractivity contribution in [3.05, 3.63) is 219 Å². The molecule has 2 unspecified atom stereocenters. The van der Waals surface area contributed by atoms with Crippen LogP contribution in [0.4, 0.5) is 0 Å². The number of carboxylic acids is 1. The number of carboxylic acid groups (broad SMARTS) is 1. The lowest BCUT2D eigenvalue weighted by atomic mass is 10.1. The average Bonchev–Trinajstić information content (AvgIpc) is 3.50. The van der Waals surface area contributed by atoms with Crippen molar-refractivity contribution in [2.45, 2.75) is 232 Å². The Labute approximate surface area is 556 Å². The molecule has 0 aromatic rings. The number of hydrogen-bond acceptors (Lipinski definition) is 7. The van der Waals surface area contributed by atoms with Crippen LogP contribution in [0.5, 0.6) is 0 Å². The fourth-order valence-corrected chi connectivity index (χ4v) is 8.47. The standard InChI is InChI=1S/C82H125NO8/c1-6-8-10-12-14-16-18-20-22-24-26-28-30-32-34-36-37-38-39-40-41-42-43-45-47-49-51-53-55-57-59-61-63-65-67-69-71-73-80(85)91-78(77-90-82(81(86)87)88-75-74-83(3,4)5)76-89-79(84)72-70-68-66-64-62-60-58-56-54-52-50-48-46-44-35-33-31-29-27-25-23-21-19-17-15-13-11-9-7-2/h8-11,14-17,20-23,26-29,32-35,37-38,40-41,43,45-46,48-49,51-52,54-55,57,61,63,78,82H,6-7,12-13,18-19,24-25,30-31,36,39,42,44,47,50,53,56,58-60,62,64-77H2,1-5H3/p+1/b10-8-,11-9-,16-14-,17-15-,22-20-,23-21-,28-26-,29-27-,34-32-,35-33-,38-37-,41-40-,45-43-,48-46-,51-49-,54-52-,57-55-,63-61-. The quantitative estimate of drug-likeness (QED) is 0.0211. The lowest BCUT2D eigenvalue weighted by Gasteiger charge is -2.25. The number of carbonyl (C=O) groups is 3. The summed E-state index contributed by atoms with van der Waals surface area (Å²) in [6.07, 6.45) is 108. The van der Waals surface area contributed by atoms with E-state index in [1.54, 1.807) is 0 Å². The summed E-state index contributed by atoms with van der Waals surface area (Å²) < 4.78 is 22.9. The van der Waals surface area contributed by atoms with Gasteiger partial charge in [0.05, 0.1) is 34.4 Å². The number of unbranched alkanes of at least 4 members (excludes halogenated alkanes) is 10. The zero-order valence-corrected chi connectivity index (χ0v) is 57.6. The molecular formula is C82H126NO8+. The largest absolute Gasteiger partial charge is 0.477 e. The van der Waals surface area contributed by atoms with Crippen LogP contribution in [-0.2, 0) is 33.3 Å². The highest BCUT2D eigenvalue weighted by Gasteiger charge is 2.25. The molecule has 0 aromatic carbocycles. The van der Waals surface area contributed by atoms with Gasteiger partial charge in [-0.1, -0.05) is 271 Å². The normalized spacial score (nSPS) is 14.1. The van der Waals surface area contributed by atoms with Gasteiger partial charge >= 0.3 is 17.9 Å². The minimum atomic E-state index is -1.54. The summed E-state index contributed by atoms with van der Waals surface area (Å²) in [5.74, 6) is -2.10. The van der Waals surface area contributed by atoms with Crippen LogP contribution in [-0.4, -0.2) is 87.4 Å². The zero-order chi connectivity index (χ0) is 66.1. The third-order valence-electron chi connectivity index (χ3n) is 13.7. The number of rotatable bonds is 61. The molecule has 0 fully saturated rings. The molecular weight excluding hydrogens is 1130 g/mol. The Balaban J connectivity index is 4.33. The van der Waals surface area contributed by atoms with E-state index in [0.717, 1.165) is 161 Å². The number of quaternary nitrogens is 1. The minimum Gasteiger partial charge on any atom is -0.477 e. The van der Waals surface area contributed by atoms with Gasteiger partial charge in [-0.2, -0.15) is 0 Å². The smallest absolute Gasteiger partial charge is 0.361 e. The molecule has 0 rings (SSSR count). The number of ether oxygens (including phenoxy) is 4. The van der Waals surface area contributed by atoms with Crippen molar-refractivity contribution in [2.24, 2.45) is 0 Å². The van der Waals surface area contributed by atoms with Gasteiger partial charge in [0.25, 0.3) is 6.29 Å². The molecule has 0 saturated carbocycles. The Kier molecular flexibility index (Phi) is 64.6. The first-order chi connectivity index (χ1) is 44.6. The van der Waals surface area contributed by atoms with E-state index in [0.29, 0.717) is 23.9 Å². The average molecular weight is 1250 g/mol. The Hall–Kier alpha value is -6.39. The maximum Gasteiger partial charge on any atom is 0.361 e. The van der Waals surface area contributed by atoms with E-state index in [9.17, 15) is 19.5 Å². The second-order valence-electron chi connectivity index (χ2n) is 23.4. The van der Waals surface area contributed by atoms with Crippen LogP contribution < -0.4 is 0 Å². The highest BCUT2D eigenvalue weighted by Crippen LogP contribution is 2.13. The van der Waals surface area contributed by atoms with Crippen LogP contribution in [0.25, 0.3) is 0 Å². The summed E-state index contributed by atoms with van der Waals surface area (Å²) in [6.45, 7) is 4.56. The van der Waals surface area contributed by atoms with Gasteiger partial charge in [0.15, 0.2) is 6.10 Å². The van der Waals surface area contributed by atoms with Gasteiger partial charge in [0.1, 0.15) is 13.2 Å².